The zero-order valence-electron chi connectivity index (χ0n) is 24.3. The molecule has 0 bridgehead atoms. The third-order valence-electron chi connectivity index (χ3n) is 8.17. The Morgan fingerprint density at radius 1 is 0.690 bits per heavy atom. The van der Waals surface area contributed by atoms with E-state index in [0.717, 1.165) is 32.7 Å². The third kappa shape index (κ3) is 5.08. The maximum absolute atomic E-state index is 4.39. The largest absolute Gasteiger partial charge is 0.310 e. The van der Waals surface area contributed by atoms with Gasteiger partial charge in [-0.25, -0.2) is 0 Å². The maximum Gasteiger partial charge on any atom is 0.0540 e. The number of nitrogens with zero attached hydrogens (tertiary/aromatic N) is 1. The number of halogens is 1. The normalized spacial score (nSPS) is 13.6. The molecule has 0 aromatic heterocycles. The van der Waals surface area contributed by atoms with Crippen LogP contribution < -0.4 is 4.90 Å². The van der Waals surface area contributed by atoms with Gasteiger partial charge in [0.1, 0.15) is 0 Å². The summed E-state index contributed by atoms with van der Waals surface area (Å²) in [7, 11) is 0. The smallest absolute Gasteiger partial charge is 0.0540 e. The molecule has 2 heteroatoms. The predicted octanol–water partition coefficient (Wildman–Crippen LogP) is 12.0. The van der Waals surface area contributed by atoms with Gasteiger partial charge in [-0.3, -0.25) is 0 Å². The molecule has 0 unspecified atom stereocenters. The lowest BCUT2D eigenvalue weighted by Gasteiger charge is -2.30. The number of benzene rings is 5. The van der Waals surface area contributed by atoms with E-state index in [4.69, 9.17) is 0 Å². The first-order chi connectivity index (χ1) is 20.4. The Balaban J connectivity index is 1.55. The summed E-state index contributed by atoms with van der Waals surface area (Å²) in [5.41, 5.74) is 13.0. The lowest BCUT2D eigenvalue weighted by Crippen LogP contribution is -2.17. The van der Waals surface area contributed by atoms with Gasteiger partial charge in [0.2, 0.25) is 0 Å². The van der Waals surface area contributed by atoms with Crippen molar-refractivity contribution in [3.05, 3.63) is 167 Å². The number of hydrogen-bond donors (Lipinski definition) is 0. The minimum absolute atomic E-state index is 0.0907. The molecule has 5 aromatic carbocycles. The van der Waals surface area contributed by atoms with Crippen LogP contribution in [0.25, 0.3) is 27.8 Å². The molecule has 206 valence electrons. The van der Waals surface area contributed by atoms with Crippen molar-refractivity contribution in [3.63, 3.8) is 0 Å². The second-order valence-corrected chi connectivity index (χ2v) is 12.1. The van der Waals surface area contributed by atoms with Crippen molar-refractivity contribution in [1.82, 2.24) is 0 Å². The monoisotopic (exact) mass is 607 g/mol. The van der Waals surface area contributed by atoms with Gasteiger partial charge in [-0.2, -0.15) is 0 Å². The maximum atomic E-state index is 4.39. The molecule has 0 saturated carbocycles. The second kappa shape index (κ2) is 11.5. The fraction of sp³-hybridized carbons (Fsp3) is 0.100. The topological polar surface area (TPSA) is 3.24 Å². The van der Waals surface area contributed by atoms with Crippen LogP contribution in [0.15, 0.2) is 151 Å². The number of allylic oxidation sites excluding steroid dienone is 5. The van der Waals surface area contributed by atoms with Gasteiger partial charge in [0.25, 0.3) is 0 Å². The van der Waals surface area contributed by atoms with Gasteiger partial charge in [-0.05, 0) is 82.3 Å². The minimum atomic E-state index is -0.0907. The summed E-state index contributed by atoms with van der Waals surface area (Å²) >= 11 is 3.65. The van der Waals surface area contributed by atoms with Crippen molar-refractivity contribution < 1.29 is 0 Å². The average Bonchev–Trinajstić information content (AvgIpc) is 3.24. The molecule has 0 heterocycles. The zero-order chi connectivity index (χ0) is 29.3. The van der Waals surface area contributed by atoms with E-state index in [1.807, 2.05) is 19.1 Å². The first kappa shape index (κ1) is 27.8. The van der Waals surface area contributed by atoms with Gasteiger partial charge >= 0.3 is 0 Å². The Morgan fingerprint density at radius 3 is 2.14 bits per heavy atom. The molecule has 1 aliphatic carbocycles. The van der Waals surface area contributed by atoms with Crippen LogP contribution in [0.3, 0.4) is 0 Å². The molecule has 0 atom stereocenters. The molecule has 1 aliphatic rings. The summed E-state index contributed by atoms with van der Waals surface area (Å²) < 4.78 is 0.993. The van der Waals surface area contributed by atoms with E-state index in [1.54, 1.807) is 0 Å². The van der Waals surface area contributed by atoms with Gasteiger partial charge in [0, 0.05) is 26.8 Å². The molecule has 0 aliphatic heterocycles. The van der Waals surface area contributed by atoms with Crippen molar-refractivity contribution in [1.29, 1.82) is 0 Å². The SMILES string of the molecule is C=C(/C=C(Br)\C=C/C)c1cccc(N(c2ccc3c(c2)C(C)(C)c2ccccc2-3)c2ccccc2-c2ccccc2)c1. The fourth-order valence-electron chi connectivity index (χ4n) is 6.09. The minimum Gasteiger partial charge on any atom is -0.310 e. The highest BCUT2D eigenvalue weighted by Gasteiger charge is 2.35. The van der Waals surface area contributed by atoms with Crippen molar-refractivity contribution in [2.75, 3.05) is 4.90 Å². The van der Waals surface area contributed by atoms with Crippen LogP contribution >= 0.6 is 15.9 Å². The van der Waals surface area contributed by atoms with Crippen molar-refractivity contribution >= 4 is 38.6 Å². The quantitative estimate of drug-likeness (QED) is 0.166. The van der Waals surface area contributed by atoms with Crippen LogP contribution in [0.5, 0.6) is 0 Å². The van der Waals surface area contributed by atoms with E-state index >= 15 is 0 Å². The molecular formula is C40H34BrN. The van der Waals surface area contributed by atoms with Crippen molar-refractivity contribution in [2.45, 2.75) is 26.2 Å². The van der Waals surface area contributed by atoms with Crippen LogP contribution in [-0.4, -0.2) is 0 Å². The summed E-state index contributed by atoms with van der Waals surface area (Å²) in [4.78, 5) is 2.39. The van der Waals surface area contributed by atoms with Crippen LogP contribution in [0.4, 0.5) is 17.1 Å². The molecule has 0 amide bonds. The van der Waals surface area contributed by atoms with Gasteiger partial charge in [0.15, 0.2) is 0 Å². The average molecular weight is 609 g/mol. The highest BCUT2D eigenvalue weighted by molar-refractivity contribution is 9.11. The lowest BCUT2D eigenvalue weighted by molar-refractivity contribution is 0.660. The Kier molecular flexibility index (Phi) is 7.58. The first-order valence-corrected chi connectivity index (χ1v) is 15.2. The van der Waals surface area contributed by atoms with Crippen LogP contribution in [-0.2, 0) is 5.41 Å². The van der Waals surface area contributed by atoms with E-state index in [-0.39, 0.29) is 5.41 Å². The van der Waals surface area contributed by atoms with Gasteiger partial charge < -0.3 is 4.90 Å². The molecule has 5 aromatic rings. The van der Waals surface area contributed by atoms with Crippen molar-refractivity contribution in [2.24, 2.45) is 0 Å². The number of rotatable bonds is 7. The first-order valence-electron chi connectivity index (χ1n) is 14.4. The molecule has 0 spiro atoms. The Morgan fingerprint density at radius 2 is 1.36 bits per heavy atom. The molecule has 0 fully saturated rings. The second-order valence-electron chi connectivity index (χ2n) is 11.2. The number of anilines is 3. The number of hydrogen-bond acceptors (Lipinski definition) is 1. The number of fused-ring (bicyclic) bond motifs is 3. The van der Waals surface area contributed by atoms with Gasteiger partial charge in [-0.1, -0.05) is 140 Å². The van der Waals surface area contributed by atoms with E-state index in [9.17, 15) is 0 Å². The molecule has 6 rings (SSSR count). The third-order valence-corrected chi connectivity index (χ3v) is 8.66. The standard InChI is InChI=1S/C40H34BrN/c1-5-14-31(41)25-28(2)30-17-13-18-32(26-30)42(39-22-12-10-19-34(39)29-15-7-6-8-16-29)33-23-24-36-35-20-9-11-21-37(35)40(3,4)38(36)27-33/h5-27H,2H2,1,3-4H3/b14-5-,31-25+. The van der Waals surface area contributed by atoms with Crippen molar-refractivity contribution in [3.8, 4) is 22.3 Å². The lowest BCUT2D eigenvalue weighted by atomic mass is 9.82. The number of para-hydroxylation sites is 1. The predicted molar refractivity (Wildman–Crippen MR) is 185 cm³/mol. The van der Waals surface area contributed by atoms with E-state index in [1.165, 1.54) is 33.4 Å². The summed E-state index contributed by atoms with van der Waals surface area (Å²) in [5.74, 6) is 0. The molecular weight excluding hydrogens is 574 g/mol. The zero-order valence-corrected chi connectivity index (χ0v) is 25.9. The highest BCUT2D eigenvalue weighted by Crippen LogP contribution is 2.51. The van der Waals surface area contributed by atoms with Crippen LogP contribution in [0, 0.1) is 0 Å². The summed E-state index contributed by atoms with van der Waals surface area (Å²) in [6.45, 7) is 11.1. The Bertz CT molecular complexity index is 1840. The fourth-order valence-corrected chi connectivity index (χ4v) is 6.63. The summed E-state index contributed by atoms with van der Waals surface area (Å²) in [6.07, 6.45) is 6.11. The molecule has 0 saturated heterocycles. The molecule has 0 radical (unpaired) electrons. The molecule has 42 heavy (non-hydrogen) atoms. The van der Waals surface area contributed by atoms with Crippen LogP contribution in [0.2, 0.25) is 0 Å². The van der Waals surface area contributed by atoms with Crippen LogP contribution in [0.1, 0.15) is 37.5 Å². The van der Waals surface area contributed by atoms with Gasteiger partial charge in [-0.15, -0.1) is 0 Å². The molecule has 0 N–H and O–H groups in total. The van der Waals surface area contributed by atoms with E-state index in [0.29, 0.717) is 0 Å². The summed E-state index contributed by atoms with van der Waals surface area (Å²) in [6, 6.07) is 43.8. The Hall–Kier alpha value is -4.40. The molecule has 1 nitrogen and oxygen atoms in total. The van der Waals surface area contributed by atoms with Gasteiger partial charge in [0.05, 0.1) is 5.69 Å². The van der Waals surface area contributed by atoms with E-state index in [2.05, 4.69) is 169 Å². The van der Waals surface area contributed by atoms with E-state index < -0.39 is 0 Å². The summed E-state index contributed by atoms with van der Waals surface area (Å²) in [5, 5.41) is 0. The Labute approximate surface area is 258 Å². The highest BCUT2D eigenvalue weighted by atomic mass is 79.9.